The van der Waals surface area contributed by atoms with Crippen molar-refractivity contribution in [3.63, 3.8) is 0 Å². The molecule has 1 atom stereocenters. The van der Waals surface area contributed by atoms with Gasteiger partial charge in [0.2, 0.25) is 0 Å². The lowest BCUT2D eigenvalue weighted by Crippen LogP contribution is -2.01. The minimum Gasteiger partial charge on any atom is -0.294 e. The molecule has 0 aliphatic rings. The molecule has 16 heavy (non-hydrogen) atoms. The van der Waals surface area contributed by atoms with Crippen molar-refractivity contribution in [1.29, 1.82) is 0 Å². The number of Topliss-reactive ketones (excluding diaryl/α,β-unsaturated/α-hetero) is 1. The van der Waals surface area contributed by atoms with Crippen LogP contribution in [0.5, 0.6) is 0 Å². The molecule has 0 saturated carbocycles. The van der Waals surface area contributed by atoms with Gasteiger partial charge in [-0.3, -0.25) is 4.79 Å². The smallest absolute Gasteiger partial charge is 0.165 e. The van der Waals surface area contributed by atoms with Crippen molar-refractivity contribution < 1.29 is 4.79 Å². The summed E-state index contributed by atoms with van der Waals surface area (Å²) in [4.78, 5) is 11.9. The van der Waals surface area contributed by atoms with E-state index >= 15 is 0 Å². The van der Waals surface area contributed by atoms with Gasteiger partial charge in [0.25, 0.3) is 0 Å². The normalized spacial score (nSPS) is 10.5. The largest absolute Gasteiger partial charge is 0.294 e. The molecule has 0 aliphatic carbocycles. The number of carbonyl (C=O) groups excluding carboxylic acids is 1. The maximum Gasteiger partial charge on any atom is 0.165 e. The zero-order valence-electron chi connectivity index (χ0n) is 8.60. The summed E-state index contributed by atoms with van der Waals surface area (Å²) >= 11 is 17.8. The molecule has 0 bridgehead atoms. The molecule has 0 N–H and O–H groups in total. The summed E-state index contributed by atoms with van der Waals surface area (Å²) in [7, 11) is 2.63. The Morgan fingerprint density at radius 2 is 1.75 bits per heavy atom. The van der Waals surface area contributed by atoms with E-state index in [2.05, 4.69) is 9.24 Å². The van der Waals surface area contributed by atoms with Crippen molar-refractivity contribution in [3.05, 3.63) is 32.8 Å². The maximum absolute atomic E-state index is 11.9. The molecule has 1 unspecified atom stereocenters. The van der Waals surface area contributed by atoms with E-state index in [1.807, 2.05) is 0 Å². The van der Waals surface area contributed by atoms with E-state index in [-0.39, 0.29) is 10.8 Å². The van der Waals surface area contributed by atoms with Crippen molar-refractivity contribution >= 4 is 49.8 Å². The Hall–Kier alpha value is 0.190. The minimum atomic E-state index is -0.0454. The molecular formula is C11H12Cl3OP. The Morgan fingerprint density at radius 1 is 1.12 bits per heavy atom. The highest BCUT2D eigenvalue weighted by Crippen LogP contribution is 2.32. The number of benzene rings is 1. The van der Waals surface area contributed by atoms with Crippen LogP contribution >= 0.6 is 44.0 Å². The van der Waals surface area contributed by atoms with Crippen LogP contribution in [0.4, 0.5) is 0 Å². The number of hydrogen-bond donors (Lipinski definition) is 0. The van der Waals surface area contributed by atoms with Crippen LogP contribution in [-0.4, -0.2) is 11.9 Å². The molecule has 1 rings (SSSR count). The van der Waals surface area contributed by atoms with E-state index in [4.69, 9.17) is 34.8 Å². The summed E-state index contributed by atoms with van der Waals surface area (Å²) < 4.78 is 0. The highest BCUT2D eigenvalue weighted by atomic mass is 35.5. The fourth-order valence-corrected chi connectivity index (χ4v) is 2.37. The van der Waals surface area contributed by atoms with Gasteiger partial charge in [-0.05, 0) is 31.1 Å². The zero-order chi connectivity index (χ0) is 12.1. The summed E-state index contributed by atoms with van der Waals surface area (Å²) in [5.41, 5.74) is 0.347. The first kappa shape index (κ1) is 14.3. The van der Waals surface area contributed by atoms with E-state index < -0.39 is 0 Å². The molecule has 0 aliphatic heterocycles. The lowest BCUT2D eigenvalue weighted by atomic mass is 10.1. The second kappa shape index (κ2) is 6.81. The van der Waals surface area contributed by atoms with Crippen molar-refractivity contribution in [2.24, 2.45) is 0 Å². The van der Waals surface area contributed by atoms with Crippen molar-refractivity contribution in [2.75, 3.05) is 6.16 Å². The second-order valence-electron chi connectivity index (χ2n) is 3.39. The molecular weight excluding hydrogens is 285 g/mol. The molecule has 1 aromatic carbocycles. The molecule has 0 saturated heterocycles. The topological polar surface area (TPSA) is 17.1 Å². The third-order valence-corrected chi connectivity index (χ3v) is 3.71. The predicted molar refractivity (Wildman–Crippen MR) is 74.2 cm³/mol. The Labute approximate surface area is 113 Å². The van der Waals surface area contributed by atoms with E-state index in [9.17, 15) is 4.79 Å². The number of halogens is 3. The van der Waals surface area contributed by atoms with Crippen LogP contribution < -0.4 is 0 Å². The number of rotatable bonds is 5. The first-order valence-corrected chi connectivity index (χ1v) is 6.89. The van der Waals surface area contributed by atoms with Crippen LogP contribution in [0.1, 0.15) is 29.6 Å². The van der Waals surface area contributed by atoms with Crippen LogP contribution in [0, 0.1) is 0 Å². The summed E-state index contributed by atoms with van der Waals surface area (Å²) in [5.74, 6) is -0.0454. The molecule has 0 amide bonds. The van der Waals surface area contributed by atoms with Crippen LogP contribution in [0.15, 0.2) is 12.1 Å². The van der Waals surface area contributed by atoms with Gasteiger partial charge in [-0.1, -0.05) is 34.8 Å². The Bertz CT molecular complexity index is 393. The number of hydrogen-bond acceptors (Lipinski definition) is 1. The average Bonchev–Trinajstić information content (AvgIpc) is 2.24. The van der Waals surface area contributed by atoms with E-state index in [1.165, 1.54) is 0 Å². The van der Waals surface area contributed by atoms with Crippen molar-refractivity contribution in [2.45, 2.75) is 19.3 Å². The monoisotopic (exact) mass is 296 g/mol. The van der Waals surface area contributed by atoms with Gasteiger partial charge in [0.05, 0.1) is 20.6 Å². The molecule has 1 nitrogen and oxygen atoms in total. The summed E-state index contributed by atoms with van der Waals surface area (Å²) in [6, 6.07) is 3.18. The second-order valence-corrected chi connectivity index (χ2v) is 5.16. The summed E-state index contributed by atoms with van der Waals surface area (Å²) in [5, 5.41) is 0.982. The van der Waals surface area contributed by atoms with Gasteiger partial charge in [0.1, 0.15) is 0 Å². The summed E-state index contributed by atoms with van der Waals surface area (Å²) in [6.07, 6.45) is 3.27. The van der Waals surface area contributed by atoms with Crippen LogP contribution in [0.3, 0.4) is 0 Å². The fraction of sp³-hybridized carbons (Fsp3) is 0.364. The zero-order valence-corrected chi connectivity index (χ0v) is 12.0. The highest BCUT2D eigenvalue weighted by Gasteiger charge is 2.16. The molecule has 5 heteroatoms. The number of unbranched alkanes of at least 4 members (excludes halogenated alkanes) is 1. The van der Waals surface area contributed by atoms with Gasteiger partial charge in [-0.2, -0.15) is 0 Å². The first-order chi connectivity index (χ1) is 7.57. The number of ketones is 1. The SMILES string of the molecule is O=C(CCCCP)c1c(Cl)ccc(Cl)c1Cl. The van der Waals surface area contributed by atoms with E-state index in [0.717, 1.165) is 19.0 Å². The van der Waals surface area contributed by atoms with Gasteiger partial charge < -0.3 is 0 Å². The molecule has 0 radical (unpaired) electrons. The maximum atomic E-state index is 11.9. The standard InChI is InChI=1S/C11H12Cl3OP/c12-7-4-5-8(13)11(14)10(7)9(15)3-1-2-6-16/h4-5H,1-3,6,16H2. The summed E-state index contributed by atoms with van der Waals surface area (Å²) in [6.45, 7) is 0. The molecule has 0 aromatic heterocycles. The van der Waals surface area contributed by atoms with Gasteiger partial charge in [0, 0.05) is 6.42 Å². The van der Waals surface area contributed by atoms with Gasteiger partial charge in [-0.25, -0.2) is 0 Å². The highest BCUT2D eigenvalue weighted by molar-refractivity contribution is 7.16. The third kappa shape index (κ3) is 3.60. The fourth-order valence-electron chi connectivity index (χ4n) is 1.34. The molecule has 88 valence electrons. The van der Waals surface area contributed by atoms with E-state index in [0.29, 0.717) is 22.0 Å². The minimum absolute atomic E-state index is 0.0454. The third-order valence-electron chi connectivity index (χ3n) is 2.18. The molecule has 0 heterocycles. The van der Waals surface area contributed by atoms with Crippen LogP contribution in [0.25, 0.3) is 0 Å². The van der Waals surface area contributed by atoms with Crippen molar-refractivity contribution in [1.82, 2.24) is 0 Å². The first-order valence-electron chi connectivity index (χ1n) is 4.94. The van der Waals surface area contributed by atoms with E-state index in [1.54, 1.807) is 12.1 Å². The lowest BCUT2D eigenvalue weighted by molar-refractivity contribution is 0.0980. The lowest BCUT2D eigenvalue weighted by Gasteiger charge is -2.07. The van der Waals surface area contributed by atoms with Crippen LogP contribution in [-0.2, 0) is 0 Å². The molecule has 1 aromatic rings. The quantitative estimate of drug-likeness (QED) is 0.328. The van der Waals surface area contributed by atoms with Gasteiger partial charge in [-0.15, -0.1) is 9.24 Å². The molecule has 0 fully saturated rings. The predicted octanol–water partition coefficient (Wildman–Crippen LogP) is 4.87. The Morgan fingerprint density at radius 3 is 2.38 bits per heavy atom. The van der Waals surface area contributed by atoms with Gasteiger partial charge in [0.15, 0.2) is 5.78 Å². The average molecular weight is 298 g/mol. The Kier molecular flexibility index (Phi) is 6.07. The van der Waals surface area contributed by atoms with Crippen LogP contribution in [0.2, 0.25) is 15.1 Å². The molecule has 0 spiro atoms. The van der Waals surface area contributed by atoms with Gasteiger partial charge >= 0.3 is 0 Å². The Balaban J connectivity index is 2.86. The number of carbonyl (C=O) groups is 1. The van der Waals surface area contributed by atoms with Crippen molar-refractivity contribution in [3.8, 4) is 0 Å².